The monoisotopic (exact) mass is 421 g/mol. The van der Waals surface area contributed by atoms with Crippen LogP contribution in [0.5, 0.6) is 0 Å². The smallest absolute Gasteiger partial charge is 0.249 e. The maximum atomic E-state index is 11.3. The van der Waals surface area contributed by atoms with Crippen LogP contribution < -0.4 is 5.73 Å². The zero-order valence-electron chi connectivity index (χ0n) is 11.7. The minimum Gasteiger partial charge on any atom is -0.366 e. The molecule has 110 valence electrons. The van der Waals surface area contributed by atoms with Gasteiger partial charge in [0.05, 0.1) is 11.3 Å². The third-order valence-electron chi connectivity index (χ3n) is 3.27. The normalized spacial score (nSPS) is 10.6. The number of carbonyl (C=O) groups excluding carboxylic acids is 1. The molecule has 0 spiro atoms. The van der Waals surface area contributed by atoms with E-state index in [-0.39, 0.29) is 0 Å². The van der Waals surface area contributed by atoms with Gasteiger partial charge in [0.15, 0.2) is 0 Å². The first-order chi connectivity index (χ1) is 10.6. The Bertz CT molecular complexity index is 860. The lowest BCUT2D eigenvalue weighted by atomic mass is 10.1. The van der Waals surface area contributed by atoms with Crippen molar-refractivity contribution < 1.29 is 4.79 Å². The van der Waals surface area contributed by atoms with E-state index in [0.717, 1.165) is 31.1 Å². The summed E-state index contributed by atoms with van der Waals surface area (Å²) in [6.07, 6.45) is 1.78. The molecular weight excluding hydrogens is 409 g/mol. The molecule has 0 aliphatic carbocycles. The molecule has 1 aromatic carbocycles. The van der Waals surface area contributed by atoms with Crippen LogP contribution in [0.2, 0.25) is 0 Å². The van der Waals surface area contributed by atoms with E-state index >= 15 is 0 Å². The van der Waals surface area contributed by atoms with Gasteiger partial charge in [-0.25, -0.2) is 4.98 Å². The van der Waals surface area contributed by atoms with Crippen LogP contribution in [0, 0.1) is 10.5 Å². The summed E-state index contributed by atoms with van der Waals surface area (Å²) >= 11 is 3.70. The predicted molar refractivity (Wildman–Crippen MR) is 96.8 cm³/mol. The number of halogens is 1. The van der Waals surface area contributed by atoms with Crippen LogP contribution in [-0.2, 0) is 0 Å². The zero-order chi connectivity index (χ0) is 15.7. The van der Waals surface area contributed by atoms with Gasteiger partial charge in [0, 0.05) is 32.0 Å². The highest BCUT2D eigenvalue weighted by Gasteiger charge is 2.12. The Morgan fingerprint density at radius 3 is 2.82 bits per heavy atom. The van der Waals surface area contributed by atoms with Gasteiger partial charge in [-0.15, -0.1) is 11.3 Å². The van der Waals surface area contributed by atoms with Crippen molar-refractivity contribution in [3.63, 3.8) is 0 Å². The average Bonchev–Trinajstić information content (AvgIpc) is 2.97. The molecule has 0 bridgehead atoms. The van der Waals surface area contributed by atoms with Gasteiger partial charge in [0.1, 0.15) is 5.01 Å². The van der Waals surface area contributed by atoms with Gasteiger partial charge in [-0.3, -0.25) is 9.78 Å². The van der Waals surface area contributed by atoms with Gasteiger partial charge in [-0.1, -0.05) is 6.07 Å². The van der Waals surface area contributed by atoms with Crippen LogP contribution in [-0.4, -0.2) is 15.9 Å². The minimum atomic E-state index is -0.416. The van der Waals surface area contributed by atoms with E-state index in [0.29, 0.717) is 5.56 Å². The van der Waals surface area contributed by atoms with E-state index in [9.17, 15) is 4.79 Å². The molecule has 0 fully saturated rings. The number of pyridine rings is 1. The standard InChI is InChI=1S/C16H12IN3OS/c1-9-11(3-2-6-19-9)16-20-14(8-22-16)10-4-5-12(15(18)21)13(17)7-10/h2-8H,1H3,(H2,18,21). The number of hydrogen-bond acceptors (Lipinski definition) is 4. The van der Waals surface area contributed by atoms with Crippen LogP contribution in [0.3, 0.4) is 0 Å². The summed E-state index contributed by atoms with van der Waals surface area (Å²) in [6, 6.07) is 9.47. The molecule has 0 aliphatic rings. The van der Waals surface area contributed by atoms with Crippen molar-refractivity contribution in [3.8, 4) is 21.8 Å². The summed E-state index contributed by atoms with van der Waals surface area (Å²) in [5.74, 6) is -0.416. The first-order valence-electron chi connectivity index (χ1n) is 6.53. The fourth-order valence-electron chi connectivity index (χ4n) is 2.11. The Morgan fingerprint density at radius 2 is 2.14 bits per heavy atom. The second-order valence-corrected chi connectivity index (χ2v) is 6.75. The molecule has 0 saturated heterocycles. The highest BCUT2D eigenvalue weighted by atomic mass is 127. The van der Waals surface area contributed by atoms with Crippen LogP contribution in [0.25, 0.3) is 21.8 Å². The minimum absolute atomic E-state index is 0.416. The Balaban J connectivity index is 1.99. The maximum absolute atomic E-state index is 11.3. The number of benzene rings is 1. The number of thiazole rings is 1. The summed E-state index contributed by atoms with van der Waals surface area (Å²) < 4.78 is 0.828. The Hall–Kier alpha value is -1.80. The maximum Gasteiger partial charge on any atom is 0.249 e. The van der Waals surface area contributed by atoms with Crippen molar-refractivity contribution in [2.24, 2.45) is 5.73 Å². The summed E-state index contributed by atoms with van der Waals surface area (Å²) in [4.78, 5) is 20.3. The van der Waals surface area contributed by atoms with Gasteiger partial charge in [-0.05, 0) is 53.8 Å². The number of nitrogens with zero attached hydrogens (tertiary/aromatic N) is 2. The molecule has 2 N–H and O–H groups in total. The van der Waals surface area contributed by atoms with Gasteiger partial charge in [0.2, 0.25) is 5.91 Å². The van der Waals surface area contributed by atoms with Crippen molar-refractivity contribution in [2.75, 3.05) is 0 Å². The molecule has 0 radical (unpaired) electrons. The Labute approximate surface area is 145 Å². The topological polar surface area (TPSA) is 68.9 Å². The fraction of sp³-hybridized carbons (Fsp3) is 0.0625. The van der Waals surface area contributed by atoms with Crippen molar-refractivity contribution in [1.29, 1.82) is 0 Å². The Kier molecular flexibility index (Phi) is 4.21. The number of amides is 1. The molecule has 0 atom stereocenters. The molecule has 2 heterocycles. The fourth-order valence-corrected chi connectivity index (χ4v) is 3.80. The SMILES string of the molecule is Cc1ncccc1-c1nc(-c2ccc(C(N)=O)c(I)c2)cs1. The molecule has 3 rings (SSSR count). The van der Waals surface area contributed by atoms with Gasteiger partial charge in [-0.2, -0.15) is 0 Å². The quantitative estimate of drug-likeness (QED) is 0.653. The molecule has 0 unspecified atom stereocenters. The van der Waals surface area contributed by atoms with Crippen molar-refractivity contribution in [3.05, 3.63) is 56.7 Å². The van der Waals surface area contributed by atoms with E-state index in [1.165, 1.54) is 0 Å². The molecule has 3 aromatic rings. The third kappa shape index (κ3) is 2.89. The molecule has 4 nitrogen and oxygen atoms in total. The molecule has 0 saturated carbocycles. The number of aryl methyl sites for hydroxylation is 1. The zero-order valence-corrected chi connectivity index (χ0v) is 14.7. The number of nitrogens with two attached hydrogens (primary N) is 1. The number of carbonyl (C=O) groups is 1. The van der Waals surface area contributed by atoms with Crippen molar-refractivity contribution in [1.82, 2.24) is 9.97 Å². The number of rotatable bonds is 3. The summed E-state index contributed by atoms with van der Waals surface area (Å²) in [5, 5.41) is 2.95. The van der Waals surface area contributed by atoms with Gasteiger partial charge >= 0.3 is 0 Å². The lowest BCUT2D eigenvalue weighted by Gasteiger charge is -2.03. The molecular formula is C16H12IN3OS. The van der Waals surface area contributed by atoms with E-state index in [2.05, 4.69) is 32.6 Å². The lowest BCUT2D eigenvalue weighted by Crippen LogP contribution is -2.12. The van der Waals surface area contributed by atoms with Gasteiger partial charge < -0.3 is 5.73 Å². The van der Waals surface area contributed by atoms with Crippen molar-refractivity contribution in [2.45, 2.75) is 6.92 Å². The number of hydrogen-bond donors (Lipinski definition) is 1. The average molecular weight is 421 g/mol. The predicted octanol–water partition coefficient (Wildman–Crippen LogP) is 3.88. The lowest BCUT2D eigenvalue weighted by molar-refractivity contribution is 0.0999. The molecule has 1 amide bonds. The second kappa shape index (κ2) is 6.13. The summed E-state index contributed by atoms with van der Waals surface area (Å²) in [5.41, 5.74) is 9.73. The van der Waals surface area contributed by atoms with E-state index in [4.69, 9.17) is 5.73 Å². The van der Waals surface area contributed by atoms with Crippen LogP contribution >= 0.6 is 33.9 Å². The van der Waals surface area contributed by atoms with Crippen LogP contribution in [0.4, 0.5) is 0 Å². The summed E-state index contributed by atoms with van der Waals surface area (Å²) in [6.45, 7) is 1.97. The second-order valence-electron chi connectivity index (χ2n) is 4.73. The van der Waals surface area contributed by atoms with E-state index < -0.39 is 5.91 Å². The first kappa shape index (κ1) is 15.1. The number of aromatic nitrogens is 2. The van der Waals surface area contributed by atoms with E-state index in [1.807, 2.05) is 36.6 Å². The van der Waals surface area contributed by atoms with E-state index in [1.54, 1.807) is 23.6 Å². The largest absolute Gasteiger partial charge is 0.366 e. The number of primary amides is 1. The van der Waals surface area contributed by atoms with Crippen molar-refractivity contribution >= 4 is 39.8 Å². The molecule has 0 aliphatic heterocycles. The highest BCUT2D eigenvalue weighted by molar-refractivity contribution is 14.1. The third-order valence-corrected chi connectivity index (χ3v) is 5.04. The molecule has 22 heavy (non-hydrogen) atoms. The first-order valence-corrected chi connectivity index (χ1v) is 8.49. The van der Waals surface area contributed by atoms with Crippen LogP contribution in [0.15, 0.2) is 41.9 Å². The summed E-state index contributed by atoms with van der Waals surface area (Å²) in [7, 11) is 0. The molecule has 2 aromatic heterocycles. The highest BCUT2D eigenvalue weighted by Crippen LogP contribution is 2.31. The molecule has 6 heteroatoms. The Morgan fingerprint density at radius 1 is 1.32 bits per heavy atom. The van der Waals surface area contributed by atoms with Gasteiger partial charge in [0.25, 0.3) is 0 Å². The van der Waals surface area contributed by atoms with Crippen LogP contribution in [0.1, 0.15) is 16.1 Å².